The summed E-state index contributed by atoms with van der Waals surface area (Å²) >= 11 is 0. The number of aliphatic carboxylic acids is 1. The SMILES string of the molecule is O=C(O)C1CCN(C(=O)c2cccc(-c3n[nH]c(C4CCCCN4C(=O)COc4ccccc4)n3)c2)CC1. The fraction of sp³-hybridized carbons (Fsp3) is 0.393. The Labute approximate surface area is 220 Å². The van der Waals surface area contributed by atoms with Gasteiger partial charge in [0.15, 0.2) is 12.4 Å². The summed E-state index contributed by atoms with van der Waals surface area (Å²) in [6.45, 7) is 1.42. The first-order valence-electron chi connectivity index (χ1n) is 13.0. The van der Waals surface area contributed by atoms with Crippen LogP contribution >= 0.6 is 0 Å². The molecule has 10 heteroatoms. The fourth-order valence-corrected chi connectivity index (χ4v) is 5.11. The Bertz CT molecular complexity index is 1290. The third kappa shape index (κ3) is 5.69. The summed E-state index contributed by atoms with van der Waals surface area (Å²) in [5, 5.41) is 16.6. The zero-order valence-corrected chi connectivity index (χ0v) is 21.1. The van der Waals surface area contributed by atoms with Gasteiger partial charge in [-0.15, -0.1) is 0 Å². The standard InChI is InChI=1S/C28H31N5O5/c34-24(18-38-22-9-2-1-3-10-22)33-14-5-4-11-23(33)26-29-25(30-31-26)20-7-6-8-21(17-20)27(35)32-15-12-19(13-16-32)28(36)37/h1-3,6-10,17,19,23H,4-5,11-16,18H2,(H,36,37)(H,29,30,31). The third-order valence-corrected chi connectivity index (χ3v) is 7.25. The molecule has 38 heavy (non-hydrogen) atoms. The lowest BCUT2D eigenvalue weighted by Crippen LogP contribution is -2.41. The van der Waals surface area contributed by atoms with Crippen LogP contribution in [0.15, 0.2) is 54.6 Å². The molecule has 0 spiro atoms. The molecule has 5 rings (SSSR count). The van der Waals surface area contributed by atoms with Crippen LogP contribution in [0.3, 0.4) is 0 Å². The summed E-state index contributed by atoms with van der Waals surface area (Å²) in [5.74, 6) is 0.286. The number of aromatic amines is 1. The number of rotatable bonds is 7. The van der Waals surface area contributed by atoms with Gasteiger partial charge in [-0.3, -0.25) is 19.5 Å². The second kappa shape index (κ2) is 11.5. The number of hydrogen-bond donors (Lipinski definition) is 2. The summed E-state index contributed by atoms with van der Waals surface area (Å²) in [7, 11) is 0. The van der Waals surface area contributed by atoms with E-state index >= 15 is 0 Å². The van der Waals surface area contributed by atoms with Crippen LogP contribution in [0.4, 0.5) is 0 Å². The van der Waals surface area contributed by atoms with Crippen molar-refractivity contribution in [3.05, 3.63) is 66.0 Å². The lowest BCUT2D eigenvalue weighted by Gasteiger charge is -2.34. The Balaban J connectivity index is 1.26. The molecule has 2 aliphatic rings. The van der Waals surface area contributed by atoms with Gasteiger partial charge >= 0.3 is 5.97 Å². The van der Waals surface area contributed by atoms with E-state index in [1.807, 2.05) is 36.4 Å². The number of aromatic nitrogens is 3. The summed E-state index contributed by atoms with van der Waals surface area (Å²) in [6, 6.07) is 16.2. The van der Waals surface area contributed by atoms with Gasteiger partial charge in [0.05, 0.1) is 12.0 Å². The molecule has 2 fully saturated rings. The van der Waals surface area contributed by atoms with Crippen LogP contribution in [0.25, 0.3) is 11.4 Å². The van der Waals surface area contributed by atoms with Gasteiger partial charge in [-0.05, 0) is 56.4 Å². The Hall–Kier alpha value is -4.21. The average Bonchev–Trinajstić information content (AvgIpc) is 3.46. The number of carboxylic acid groups (broad SMARTS) is 1. The van der Waals surface area contributed by atoms with Crippen LogP contribution in [-0.4, -0.2) is 74.1 Å². The molecule has 2 saturated heterocycles. The molecule has 1 atom stereocenters. The Kier molecular flexibility index (Phi) is 7.67. The molecule has 3 heterocycles. The maximum Gasteiger partial charge on any atom is 0.306 e. The van der Waals surface area contributed by atoms with Crippen LogP contribution in [0, 0.1) is 5.92 Å². The highest BCUT2D eigenvalue weighted by molar-refractivity contribution is 5.95. The summed E-state index contributed by atoms with van der Waals surface area (Å²) in [5.41, 5.74) is 1.20. The van der Waals surface area contributed by atoms with E-state index in [-0.39, 0.29) is 24.5 Å². The van der Waals surface area contributed by atoms with Crippen molar-refractivity contribution in [2.75, 3.05) is 26.2 Å². The van der Waals surface area contributed by atoms with Crippen molar-refractivity contribution >= 4 is 17.8 Å². The van der Waals surface area contributed by atoms with Crippen LogP contribution in [0.2, 0.25) is 0 Å². The molecule has 0 aliphatic carbocycles. The van der Waals surface area contributed by atoms with Gasteiger partial charge in [0.25, 0.3) is 11.8 Å². The highest BCUT2D eigenvalue weighted by Crippen LogP contribution is 2.30. The number of nitrogens with one attached hydrogen (secondary N) is 1. The number of amides is 2. The van der Waals surface area contributed by atoms with E-state index in [0.717, 1.165) is 19.3 Å². The molecule has 1 unspecified atom stereocenters. The molecular formula is C28H31N5O5. The van der Waals surface area contributed by atoms with Gasteiger partial charge in [-0.2, -0.15) is 5.10 Å². The van der Waals surface area contributed by atoms with Gasteiger partial charge in [-0.25, -0.2) is 4.98 Å². The van der Waals surface area contributed by atoms with Crippen molar-refractivity contribution in [1.29, 1.82) is 0 Å². The molecule has 3 aromatic rings. The molecule has 2 N–H and O–H groups in total. The fourth-order valence-electron chi connectivity index (χ4n) is 5.11. The average molecular weight is 518 g/mol. The number of hydrogen-bond acceptors (Lipinski definition) is 6. The molecule has 2 aromatic carbocycles. The Morgan fingerprint density at radius 1 is 0.974 bits per heavy atom. The van der Waals surface area contributed by atoms with Crippen LogP contribution in [-0.2, 0) is 9.59 Å². The quantitative estimate of drug-likeness (QED) is 0.490. The number of para-hydroxylation sites is 1. The number of benzene rings is 2. The van der Waals surface area contributed by atoms with E-state index in [1.54, 1.807) is 28.0 Å². The Morgan fingerprint density at radius 3 is 2.53 bits per heavy atom. The molecular weight excluding hydrogens is 486 g/mol. The number of carbonyl (C=O) groups is 3. The van der Waals surface area contributed by atoms with Crippen molar-refractivity contribution in [2.45, 2.75) is 38.1 Å². The Morgan fingerprint density at radius 2 is 1.76 bits per heavy atom. The molecule has 0 saturated carbocycles. The van der Waals surface area contributed by atoms with Gasteiger partial charge < -0.3 is 19.6 Å². The number of H-pyrrole nitrogens is 1. The molecule has 2 aliphatic heterocycles. The molecule has 198 valence electrons. The number of nitrogens with zero attached hydrogens (tertiary/aromatic N) is 4. The van der Waals surface area contributed by atoms with Crippen molar-refractivity contribution in [1.82, 2.24) is 25.0 Å². The van der Waals surface area contributed by atoms with Crippen molar-refractivity contribution in [2.24, 2.45) is 5.92 Å². The molecule has 10 nitrogen and oxygen atoms in total. The van der Waals surface area contributed by atoms with Crippen LogP contribution in [0.1, 0.15) is 54.3 Å². The number of likely N-dealkylation sites (tertiary alicyclic amines) is 2. The molecule has 2 amide bonds. The minimum Gasteiger partial charge on any atom is -0.484 e. The van der Waals surface area contributed by atoms with Gasteiger partial charge in [0, 0.05) is 30.8 Å². The van der Waals surface area contributed by atoms with Gasteiger partial charge in [0.2, 0.25) is 0 Å². The largest absolute Gasteiger partial charge is 0.484 e. The first-order chi connectivity index (χ1) is 18.5. The van der Waals surface area contributed by atoms with E-state index in [4.69, 9.17) is 9.72 Å². The highest BCUT2D eigenvalue weighted by Gasteiger charge is 2.31. The number of carbonyl (C=O) groups excluding carboxylic acids is 2. The molecule has 0 radical (unpaired) electrons. The number of piperidine rings is 2. The van der Waals surface area contributed by atoms with Crippen molar-refractivity contribution in [3.63, 3.8) is 0 Å². The highest BCUT2D eigenvalue weighted by atomic mass is 16.5. The summed E-state index contributed by atoms with van der Waals surface area (Å²) in [4.78, 5) is 45.5. The van der Waals surface area contributed by atoms with Gasteiger partial charge in [0.1, 0.15) is 11.6 Å². The predicted molar refractivity (Wildman–Crippen MR) is 138 cm³/mol. The summed E-state index contributed by atoms with van der Waals surface area (Å²) < 4.78 is 5.68. The van der Waals surface area contributed by atoms with E-state index in [1.165, 1.54) is 0 Å². The normalized spacial score (nSPS) is 18.3. The minimum absolute atomic E-state index is 0.0463. The second-order valence-corrected chi connectivity index (χ2v) is 9.73. The van der Waals surface area contributed by atoms with Crippen LogP contribution < -0.4 is 4.74 Å². The van der Waals surface area contributed by atoms with Crippen molar-refractivity contribution in [3.8, 4) is 17.1 Å². The van der Waals surface area contributed by atoms with E-state index in [2.05, 4.69) is 10.2 Å². The lowest BCUT2D eigenvalue weighted by atomic mass is 9.96. The maximum absolute atomic E-state index is 13.1. The maximum atomic E-state index is 13.1. The zero-order valence-electron chi connectivity index (χ0n) is 21.1. The summed E-state index contributed by atoms with van der Waals surface area (Å²) in [6.07, 6.45) is 3.58. The van der Waals surface area contributed by atoms with Crippen molar-refractivity contribution < 1.29 is 24.2 Å². The first kappa shape index (κ1) is 25.4. The third-order valence-electron chi connectivity index (χ3n) is 7.25. The smallest absolute Gasteiger partial charge is 0.306 e. The number of carboxylic acids is 1. The van der Waals surface area contributed by atoms with E-state index < -0.39 is 11.9 Å². The molecule has 0 bridgehead atoms. The minimum atomic E-state index is -0.804. The van der Waals surface area contributed by atoms with Crippen LogP contribution in [0.5, 0.6) is 5.75 Å². The topological polar surface area (TPSA) is 129 Å². The number of ether oxygens (including phenoxy) is 1. The first-order valence-corrected chi connectivity index (χ1v) is 13.0. The lowest BCUT2D eigenvalue weighted by molar-refractivity contribution is -0.143. The van der Waals surface area contributed by atoms with E-state index in [0.29, 0.717) is 61.0 Å². The molecule has 1 aromatic heterocycles. The zero-order chi connectivity index (χ0) is 26.5. The monoisotopic (exact) mass is 517 g/mol. The second-order valence-electron chi connectivity index (χ2n) is 9.73. The predicted octanol–water partition coefficient (Wildman–Crippen LogP) is 3.54. The van der Waals surface area contributed by atoms with E-state index in [9.17, 15) is 19.5 Å². The van der Waals surface area contributed by atoms with Gasteiger partial charge in [-0.1, -0.05) is 30.3 Å².